The Morgan fingerprint density at radius 3 is 2.62 bits per heavy atom. The molecule has 0 bridgehead atoms. The normalized spacial score (nSPS) is 19.0. The standard InChI is InChI=1S/C17H18ClF4N3O2S2/c1-2-9(3-10-6-17(10,21)22)7-23-13-5-12(19)14(4-11(13)18)29(26,27)25-16-24-8-15(20)28-16/h4-5,8-10,23H,2-3,6-7H2,1H3,(H,24,25)/t9-,10?/m0/s1. The Morgan fingerprint density at radius 1 is 1.38 bits per heavy atom. The maximum atomic E-state index is 14.5. The second-order valence-corrected chi connectivity index (χ2v) is 9.93. The molecular weight excluding hydrogens is 454 g/mol. The van der Waals surface area contributed by atoms with Gasteiger partial charge in [0.2, 0.25) is 0 Å². The van der Waals surface area contributed by atoms with Crippen LogP contribution >= 0.6 is 22.9 Å². The van der Waals surface area contributed by atoms with Crippen LogP contribution in [0.2, 0.25) is 5.02 Å². The summed E-state index contributed by atoms with van der Waals surface area (Å²) in [5.74, 6) is -4.35. The number of rotatable bonds is 9. The Labute approximate surface area is 174 Å². The molecule has 1 unspecified atom stereocenters. The predicted octanol–water partition coefficient (Wildman–Crippen LogP) is 5.36. The molecule has 12 heteroatoms. The van der Waals surface area contributed by atoms with Gasteiger partial charge in [0.1, 0.15) is 10.7 Å². The number of sulfonamides is 1. The van der Waals surface area contributed by atoms with Crippen molar-refractivity contribution in [2.75, 3.05) is 16.6 Å². The first-order valence-electron chi connectivity index (χ1n) is 8.76. The largest absolute Gasteiger partial charge is 0.383 e. The first kappa shape index (κ1) is 22.1. The van der Waals surface area contributed by atoms with Crippen molar-refractivity contribution >= 4 is 43.8 Å². The maximum Gasteiger partial charge on any atom is 0.266 e. The zero-order valence-corrected chi connectivity index (χ0v) is 17.6. The molecule has 3 rings (SSSR count). The fourth-order valence-electron chi connectivity index (χ4n) is 2.92. The quantitative estimate of drug-likeness (QED) is 0.483. The van der Waals surface area contributed by atoms with Gasteiger partial charge in [-0.05, 0) is 24.5 Å². The summed E-state index contributed by atoms with van der Waals surface area (Å²) in [6.45, 7) is 2.17. The molecule has 0 saturated heterocycles. The van der Waals surface area contributed by atoms with Gasteiger partial charge in [0.15, 0.2) is 10.3 Å². The third-order valence-electron chi connectivity index (χ3n) is 4.74. The molecule has 0 spiro atoms. The van der Waals surface area contributed by atoms with E-state index in [0.717, 1.165) is 18.3 Å². The first-order valence-corrected chi connectivity index (χ1v) is 11.4. The summed E-state index contributed by atoms with van der Waals surface area (Å²) in [5.41, 5.74) is 0.157. The minimum atomic E-state index is -4.37. The Balaban J connectivity index is 1.70. The molecule has 1 aromatic heterocycles. The number of alkyl halides is 2. The van der Waals surface area contributed by atoms with Crippen molar-refractivity contribution in [3.8, 4) is 0 Å². The van der Waals surface area contributed by atoms with E-state index in [1.807, 2.05) is 11.6 Å². The molecule has 2 atom stereocenters. The van der Waals surface area contributed by atoms with Gasteiger partial charge in [0.25, 0.3) is 15.9 Å². The Kier molecular flexibility index (Phi) is 6.30. The number of nitrogens with zero attached hydrogens (tertiary/aromatic N) is 1. The second-order valence-electron chi connectivity index (χ2n) is 6.89. The number of hydrogen-bond acceptors (Lipinski definition) is 5. The van der Waals surface area contributed by atoms with Crippen LogP contribution in [0, 0.1) is 22.8 Å². The van der Waals surface area contributed by atoms with E-state index in [1.54, 1.807) is 0 Å². The number of hydrogen-bond donors (Lipinski definition) is 2. The third-order valence-corrected chi connectivity index (χ3v) is 7.24. The van der Waals surface area contributed by atoms with Crippen molar-refractivity contribution in [2.45, 2.75) is 37.0 Å². The number of aromatic nitrogens is 1. The van der Waals surface area contributed by atoms with Crippen LogP contribution in [-0.4, -0.2) is 25.9 Å². The van der Waals surface area contributed by atoms with Gasteiger partial charge >= 0.3 is 0 Å². The summed E-state index contributed by atoms with van der Waals surface area (Å²) < 4.78 is 80.3. The second kappa shape index (κ2) is 8.27. The molecule has 1 aliphatic carbocycles. The highest BCUT2D eigenvalue weighted by molar-refractivity contribution is 7.93. The molecule has 0 radical (unpaired) electrons. The van der Waals surface area contributed by atoms with Gasteiger partial charge in [-0.2, -0.15) is 4.39 Å². The minimum Gasteiger partial charge on any atom is -0.383 e. The molecule has 1 aromatic carbocycles. The summed E-state index contributed by atoms with van der Waals surface area (Å²) in [6, 6.07) is 1.86. The molecule has 160 valence electrons. The molecular formula is C17H18ClF4N3O2S2. The van der Waals surface area contributed by atoms with Crippen LogP contribution in [0.4, 0.5) is 28.4 Å². The molecule has 1 fully saturated rings. The smallest absolute Gasteiger partial charge is 0.266 e. The minimum absolute atomic E-state index is 0.0521. The Bertz CT molecular complexity index is 1000. The lowest BCUT2D eigenvalue weighted by atomic mass is 9.99. The van der Waals surface area contributed by atoms with Gasteiger partial charge in [-0.1, -0.05) is 36.3 Å². The monoisotopic (exact) mass is 471 g/mol. The van der Waals surface area contributed by atoms with Gasteiger partial charge in [-0.25, -0.2) is 26.6 Å². The number of benzene rings is 1. The van der Waals surface area contributed by atoms with E-state index in [9.17, 15) is 26.0 Å². The summed E-state index contributed by atoms with van der Waals surface area (Å²) >= 11 is 6.55. The van der Waals surface area contributed by atoms with Crippen LogP contribution in [-0.2, 0) is 10.0 Å². The maximum absolute atomic E-state index is 14.5. The summed E-state index contributed by atoms with van der Waals surface area (Å²) in [7, 11) is -4.37. The van der Waals surface area contributed by atoms with Crippen molar-refractivity contribution in [2.24, 2.45) is 11.8 Å². The average Bonchev–Trinajstić information content (AvgIpc) is 3.02. The molecule has 5 nitrogen and oxygen atoms in total. The van der Waals surface area contributed by atoms with Crippen molar-refractivity contribution in [1.29, 1.82) is 0 Å². The van der Waals surface area contributed by atoms with Crippen molar-refractivity contribution < 1.29 is 26.0 Å². The van der Waals surface area contributed by atoms with Gasteiger partial charge in [-0.3, -0.25) is 4.72 Å². The van der Waals surface area contributed by atoms with E-state index >= 15 is 0 Å². The summed E-state index contributed by atoms with van der Waals surface area (Å²) in [5, 5.41) is 1.91. The lowest BCUT2D eigenvalue weighted by molar-refractivity contribution is 0.0932. The van der Waals surface area contributed by atoms with Crippen LogP contribution in [0.1, 0.15) is 26.2 Å². The van der Waals surface area contributed by atoms with Crippen molar-refractivity contribution in [3.05, 3.63) is 34.3 Å². The van der Waals surface area contributed by atoms with Crippen LogP contribution in [0.15, 0.2) is 23.2 Å². The highest BCUT2D eigenvalue weighted by Gasteiger charge is 2.56. The van der Waals surface area contributed by atoms with Crippen LogP contribution in [0.5, 0.6) is 0 Å². The highest BCUT2D eigenvalue weighted by Crippen LogP contribution is 2.52. The van der Waals surface area contributed by atoms with E-state index in [0.29, 0.717) is 30.7 Å². The van der Waals surface area contributed by atoms with Gasteiger partial charge in [-0.15, -0.1) is 0 Å². The van der Waals surface area contributed by atoms with Crippen molar-refractivity contribution in [1.82, 2.24) is 4.98 Å². The Hall–Kier alpha value is -1.59. The Morgan fingerprint density at radius 2 is 2.07 bits per heavy atom. The first-order chi connectivity index (χ1) is 13.5. The summed E-state index contributed by atoms with van der Waals surface area (Å²) in [6.07, 6.45) is 1.72. The fraction of sp³-hybridized carbons (Fsp3) is 0.471. The van der Waals surface area contributed by atoms with E-state index in [4.69, 9.17) is 11.6 Å². The van der Waals surface area contributed by atoms with E-state index < -0.39 is 37.7 Å². The molecule has 29 heavy (non-hydrogen) atoms. The summed E-state index contributed by atoms with van der Waals surface area (Å²) in [4.78, 5) is 2.81. The van der Waals surface area contributed by atoms with Crippen LogP contribution in [0.3, 0.4) is 0 Å². The average molecular weight is 472 g/mol. The zero-order chi connectivity index (χ0) is 21.4. The lowest BCUT2D eigenvalue weighted by Crippen LogP contribution is -2.17. The van der Waals surface area contributed by atoms with Crippen LogP contribution in [0.25, 0.3) is 0 Å². The van der Waals surface area contributed by atoms with Crippen LogP contribution < -0.4 is 10.0 Å². The molecule has 1 aliphatic rings. The molecule has 2 aromatic rings. The lowest BCUT2D eigenvalue weighted by Gasteiger charge is -2.18. The predicted molar refractivity (Wildman–Crippen MR) is 104 cm³/mol. The van der Waals surface area contributed by atoms with Gasteiger partial charge in [0, 0.05) is 18.9 Å². The topological polar surface area (TPSA) is 71.1 Å². The molecule has 1 heterocycles. The number of anilines is 2. The van der Waals surface area contributed by atoms with E-state index in [2.05, 4.69) is 10.3 Å². The SMILES string of the molecule is CC[C@H](CNc1cc(F)c(S(=O)(=O)Nc2ncc(F)s2)cc1Cl)CC1CC1(F)F. The van der Waals surface area contributed by atoms with E-state index in [-0.39, 0.29) is 28.2 Å². The molecule has 1 saturated carbocycles. The molecule has 2 N–H and O–H groups in total. The van der Waals surface area contributed by atoms with Gasteiger partial charge < -0.3 is 5.32 Å². The van der Waals surface area contributed by atoms with Crippen molar-refractivity contribution in [3.63, 3.8) is 0 Å². The van der Waals surface area contributed by atoms with E-state index in [1.165, 1.54) is 0 Å². The number of thiazole rings is 1. The fourth-order valence-corrected chi connectivity index (χ4v) is 5.09. The zero-order valence-electron chi connectivity index (χ0n) is 15.2. The number of nitrogens with one attached hydrogen (secondary N) is 2. The molecule has 0 aliphatic heterocycles. The molecule has 0 amide bonds. The van der Waals surface area contributed by atoms with Gasteiger partial charge in [0.05, 0.1) is 16.9 Å². The number of halogens is 5. The highest BCUT2D eigenvalue weighted by atomic mass is 35.5. The third kappa shape index (κ3) is 5.32.